The van der Waals surface area contributed by atoms with Gasteiger partial charge in [-0.1, -0.05) is 0 Å². The summed E-state index contributed by atoms with van der Waals surface area (Å²) in [5.41, 5.74) is 2.30. The summed E-state index contributed by atoms with van der Waals surface area (Å²) >= 11 is 1.68. The number of hydrogen-bond donors (Lipinski definition) is 0. The molecule has 25 heavy (non-hydrogen) atoms. The summed E-state index contributed by atoms with van der Waals surface area (Å²) in [7, 11) is 0. The van der Waals surface area contributed by atoms with E-state index in [4.69, 9.17) is 4.74 Å². The number of carbonyl (C=O) groups excluding carboxylic acids is 1. The molecule has 2 fully saturated rings. The van der Waals surface area contributed by atoms with Gasteiger partial charge in [-0.25, -0.2) is 4.39 Å². The van der Waals surface area contributed by atoms with Crippen molar-refractivity contribution in [2.24, 2.45) is 0 Å². The predicted molar refractivity (Wildman–Crippen MR) is 94.1 cm³/mol. The van der Waals surface area contributed by atoms with Crippen LogP contribution in [0.5, 0.6) is 0 Å². The van der Waals surface area contributed by atoms with E-state index in [0.717, 1.165) is 38.2 Å². The van der Waals surface area contributed by atoms with Crippen LogP contribution in [-0.4, -0.2) is 47.6 Å². The van der Waals surface area contributed by atoms with Crippen LogP contribution in [0.15, 0.2) is 36.0 Å². The van der Waals surface area contributed by atoms with E-state index in [1.165, 1.54) is 17.0 Å². The Morgan fingerprint density at radius 2 is 2.00 bits per heavy atom. The summed E-state index contributed by atoms with van der Waals surface area (Å²) < 4.78 is 19.1. The van der Waals surface area contributed by atoms with Crippen molar-refractivity contribution in [2.75, 3.05) is 31.1 Å². The fraction of sp³-hybridized carbons (Fsp3) is 0.444. The van der Waals surface area contributed by atoms with Gasteiger partial charge in [-0.3, -0.25) is 14.7 Å². The van der Waals surface area contributed by atoms with Crippen molar-refractivity contribution in [3.8, 4) is 0 Å². The van der Waals surface area contributed by atoms with Gasteiger partial charge in [0.2, 0.25) is 0 Å². The summed E-state index contributed by atoms with van der Waals surface area (Å²) in [4.78, 5) is 21.8. The number of ether oxygens (including phenoxy) is 1. The molecule has 0 radical (unpaired) electrons. The Morgan fingerprint density at radius 1 is 1.24 bits per heavy atom. The van der Waals surface area contributed by atoms with Crippen LogP contribution in [0.4, 0.5) is 10.1 Å². The lowest BCUT2D eigenvalue weighted by molar-refractivity contribution is -0.144. The lowest BCUT2D eigenvalue weighted by Crippen LogP contribution is -2.58. The zero-order chi connectivity index (χ0) is 17.3. The average molecular weight is 361 g/mol. The minimum absolute atomic E-state index is 0.0654. The van der Waals surface area contributed by atoms with Gasteiger partial charge in [0.15, 0.2) is 0 Å². The molecule has 0 aliphatic carbocycles. The third-order valence-electron chi connectivity index (χ3n) is 5.02. The maximum atomic E-state index is 13.2. The maximum Gasteiger partial charge on any atom is 0.253 e. The summed E-state index contributed by atoms with van der Waals surface area (Å²) in [5, 5.41) is 0. The Bertz CT molecular complexity index is 727. The highest BCUT2D eigenvalue weighted by atomic mass is 32.1. The molecule has 1 amide bonds. The molecule has 2 aliphatic rings. The van der Waals surface area contributed by atoms with Crippen LogP contribution in [0, 0.1) is 5.82 Å². The number of benzene rings is 1. The van der Waals surface area contributed by atoms with Crippen molar-refractivity contribution >= 4 is 22.9 Å². The molecule has 0 unspecified atom stereocenters. The number of amides is 1. The number of rotatable bonds is 3. The largest absolute Gasteiger partial charge is 0.363 e. The molecule has 2 aromatic rings. The monoisotopic (exact) mass is 361 g/mol. The zero-order valence-electron chi connectivity index (χ0n) is 13.9. The summed E-state index contributed by atoms with van der Waals surface area (Å²) in [6, 6.07) is 6.10. The van der Waals surface area contributed by atoms with Crippen LogP contribution in [0.2, 0.25) is 0 Å². The molecular weight excluding hydrogens is 341 g/mol. The normalized spacial score (nSPS) is 21.0. The number of morpholine rings is 1. The Kier molecular flexibility index (Phi) is 4.54. The molecule has 0 saturated carbocycles. The number of carbonyl (C=O) groups is 1. The Morgan fingerprint density at radius 3 is 2.68 bits per heavy atom. The van der Waals surface area contributed by atoms with E-state index in [9.17, 15) is 9.18 Å². The fourth-order valence-corrected chi connectivity index (χ4v) is 4.17. The zero-order valence-corrected chi connectivity index (χ0v) is 14.7. The number of aromatic nitrogens is 1. The highest BCUT2D eigenvalue weighted by molar-refractivity contribution is 7.09. The Labute approximate surface area is 150 Å². The van der Waals surface area contributed by atoms with E-state index in [1.54, 1.807) is 28.4 Å². The SMILES string of the molecule is O=C1COC2(CCN(Cc3cncs3)CC2)CN1c1ccc(F)cc1. The number of piperidine rings is 1. The first-order chi connectivity index (χ1) is 12.1. The molecular formula is C18H20FN3O2S. The van der Waals surface area contributed by atoms with Crippen LogP contribution in [0.1, 0.15) is 17.7 Å². The van der Waals surface area contributed by atoms with Crippen LogP contribution in [0.25, 0.3) is 0 Å². The van der Waals surface area contributed by atoms with Crippen molar-refractivity contribution < 1.29 is 13.9 Å². The molecule has 1 aromatic heterocycles. The number of anilines is 1. The highest BCUT2D eigenvalue weighted by Gasteiger charge is 2.42. The second-order valence-electron chi connectivity index (χ2n) is 6.67. The van der Waals surface area contributed by atoms with Gasteiger partial charge in [0.25, 0.3) is 5.91 Å². The lowest BCUT2D eigenvalue weighted by atomic mass is 9.89. The Hall–Kier alpha value is -1.83. The third-order valence-corrected chi connectivity index (χ3v) is 5.78. The van der Waals surface area contributed by atoms with Gasteiger partial charge < -0.3 is 9.64 Å². The van der Waals surface area contributed by atoms with Crippen LogP contribution in [-0.2, 0) is 16.1 Å². The maximum absolute atomic E-state index is 13.2. The lowest BCUT2D eigenvalue weighted by Gasteiger charge is -2.47. The number of hydrogen-bond acceptors (Lipinski definition) is 5. The van der Waals surface area contributed by atoms with E-state index >= 15 is 0 Å². The summed E-state index contributed by atoms with van der Waals surface area (Å²) in [5.74, 6) is -0.361. The number of likely N-dealkylation sites (tertiary alicyclic amines) is 1. The molecule has 2 saturated heterocycles. The first kappa shape index (κ1) is 16.6. The first-order valence-electron chi connectivity index (χ1n) is 8.43. The average Bonchev–Trinajstić information content (AvgIpc) is 3.13. The van der Waals surface area contributed by atoms with Gasteiger partial charge in [0.1, 0.15) is 12.4 Å². The van der Waals surface area contributed by atoms with Gasteiger partial charge in [-0.05, 0) is 37.1 Å². The van der Waals surface area contributed by atoms with Crippen LogP contribution < -0.4 is 4.90 Å². The second-order valence-corrected chi connectivity index (χ2v) is 7.64. The van der Waals surface area contributed by atoms with Crippen molar-refractivity contribution in [1.82, 2.24) is 9.88 Å². The molecule has 5 nitrogen and oxygen atoms in total. The minimum atomic E-state index is -0.299. The third kappa shape index (κ3) is 3.58. The standard InChI is InChI=1S/C18H20FN3O2S/c19-14-1-3-15(4-2-14)22-12-18(24-11-17(22)23)5-7-21(8-6-18)10-16-9-20-13-25-16/h1-4,9,13H,5-8,10-12H2. The first-order valence-corrected chi connectivity index (χ1v) is 9.31. The van der Waals surface area contributed by atoms with Crippen molar-refractivity contribution in [3.05, 3.63) is 46.7 Å². The van der Waals surface area contributed by atoms with E-state index in [2.05, 4.69) is 9.88 Å². The molecule has 0 bridgehead atoms. The minimum Gasteiger partial charge on any atom is -0.363 e. The van der Waals surface area contributed by atoms with Crippen molar-refractivity contribution in [1.29, 1.82) is 0 Å². The fourth-order valence-electron chi connectivity index (χ4n) is 3.53. The Balaban J connectivity index is 1.42. The van der Waals surface area contributed by atoms with E-state index < -0.39 is 0 Å². The van der Waals surface area contributed by atoms with Crippen LogP contribution >= 0.6 is 11.3 Å². The van der Waals surface area contributed by atoms with Crippen molar-refractivity contribution in [3.63, 3.8) is 0 Å². The number of thiazole rings is 1. The molecule has 1 aromatic carbocycles. The van der Waals surface area contributed by atoms with Gasteiger partial charge in [-0.2, -0.15) is 0 Å². The molecule has 0 atom stereocenters. The van der Waals surface area contributed by atoms with E-state index in [0.29, 0.717) is 6.54 Å². The van der Waals surface area contributed by atoms with Gasteiger partial charge in [0, 0.05) is 36.4 Å². The molecule has 2 aliphatic heterocycles. The topological polar surface area (TPSA) is 45.7 Å². The van der Waals surface area contributed by atoms with E-state index in [1.807, 2.05) is 11.7 Å². The predicted octanol–water partition coefficient (Wildman–Crippen LogP) is 2.68. The molecule has 1 spiro atoms. The van der Waals surface area contributed by atoms with Gasteiger partial charge >= 0.3 is 0 Å². The summed E-state index contributed by atoms with van der Waals surface area (Å²) in [6.07, 6.45) is 3.69. The molecule has 132 valence electrons. The molecule has 4 rings (SSSR count). The number of nitrogens with zero attached hydrogens (tertiary/aromatic N) is 3. The highest BCUT2D eigenvalue weighted by Crippen LogP contribution is 2.33. The second kappa shape index (κ2) is 6.82. The summed E-state index contributed by atoms with van der Waals surface area (Å²) in [6.45, 7) is 3.41. The van der Waals surface area contributed by atoms with Crippen molar-refractivity contribution in [2.45, 2.75) is 25.0 Å². The van der Waals surface area contributed by atoms with Gasteiger partial charge in [0.05, 0.1) is 17.7 Å². The van der Waals surface area contributed by atoms with Crippen LogP contribution in [0.3, 0.4) is 0 Å². The van der Waals surface area contributed by atoms with E-state index in [-0.39, 0.29) is 23.9 Å². The molecule has 3 heterocycles. The smallest absolute Gasteiger partial charge is 0.253 e. The molecule has 7 heteroatoms. The quantitative estimate of drug-likeness (QED) is 0.843. The van der Waals surface area contributed by atoms with Gasteiger partial charge in [-0.15, -0.1) is 11.3 Å². The molecule has 0 N–H and O–H groups in total. The number of halogens is 1.